The van der Waals surface area contributed by atoms with Gasteiger partial charge in [0, 0.05) is 11.1 Å². The van der Waals surface area contributed by atoms with Crippen LogP contribution in [-0.2, 0) is 0 Å². The number of nitrogens with two attached hydrogens (primary N) is 1. The molecule has 0 aliphatic carbocycles. The normalized spacial score (nSPS) is 9.43. The lowest BCUT2D eigenvalue weighted by molar-refractivity contribution is 0.102. The molecule has 0 saturated carbocycles. The average Bonchev–Trinajstić information content (AvgIpc) is 2.54. The van der Waals surface area contributed by atoms with Gasteiger partial charge in [0.1, 0.15) is 5.75 Å². The van der Waals surface area contributed by atoms with Crippen molar-refractivity contribution < 1.29 is 9.53 Å². The number of hydrogen-bond donors (Lipinski definition) is 2. The van der Waals surface area contributed by atoms with E-state index in [0.29, 0.717) is 17.0 Å². The van der Waals surface area contributed by atoms with Gasteiger partial charge in [-0.2, -0.15) is 0 Å². The zero-order chi connectivity index (χ0) is 15.1. The second-order valence-electron chi connectivity index (χ2n) is 4.24. The number of benzene rings is 2. The van der Waals surface area contributed by atoms with Crippen LogP contribution in [0.15, 0.2) is 48.5 Å². The molecule has 0 saturated heterocycles. The molecule has 2 aromatic rings. The van der Waals surface area contributed by atoms with Gasteiger partial charge in [-0.25, -0.2) is 0 Å². The third kappa shape index (κ3) is 3.85. The molecule has 21 heavy (non-hydrogen) atoms. The van der Waals surface area contributed by atoms with Gasteiger partial charge in [-0.3, -0.25) is 4.79 Å². The molecule has 0 unspecified atom stereocenters. The Hall–Kier alpha value is -2.77. The van der Waals surface area contributed by atoms with Crippen LogP contribution in [0.1, 0.15) is 15.9 Å². The van der Waals surface area contributed by atoms with Gasteiger partial charge in [0.2, 0.25) is 0 Å². The van der Waals surface area contributed by atoms with Crippen LogP contribution in [0.2, 0.25) is 0 Å². The largest absolute Gasteiger partial charge is 0.495 e. The molecule has 2 aromatic carbocycles. The lowest BCUT2D eigenvalue weighted by Crippen LogP contribution is -2.12. The first-order valence-electron chi connectivity index (χ1n) is 6.48. The molecule has 4 heteroatoms. The predicted molar refractivity (Wildman–Crippen MR) is 83.3 cm³/mol. The van der Waals surface area contributed by atoms with Gasteiger partial charge in [-0.1, -0.05) is 30.0 Å². The summed E-state index contributed by atoms with van der Waals surface area (Å²) in [6.07, 6.45) is 0. The molecular weight excluding hydrogens is 264 g/mol. The van der Waals surface area contributed by atoms with E-state index in [1.807, 2.05) is 24.3 Å². The Morgan fingerprint density at radius 1 is 1.24 bits per heavy atom. The quantitative estimate of drug-likeness (QED) is 0.848. The summed E-state index contributed by atoms with van der Waals surface area (Å²) in [5.41, 5.74) is 7.29. The second kappa shape index (κ2) is 7.13. The Kier molecular flexibility index (Phi) is 4.97. The fourth-order valence-electron chi connectivity index (χ4n) is 1.82. The zero-order valence-corrected chi connectivity index (χ0v) is 11.7. The van der Waals surface area contributed by atoms with Gasteiger partial charge in [0.15, 0.2) is 0 Å². The van der Waals surface area contributed by atoms with E-state index in [1.54, 1.807) is 31.4 Å². The number of carbonyl (C=O) groups is 1. The minimum absolute atomic E-state index is 0.196. The molecule has 0 spiro atoms. The van der Waals surface area contributed by atoms with E-state index in [0.717, 1.165) is 5.56 Å². The van der Waals surface area contributed by atoms with Crippen LogP contribution in [-0.4, -0.2) is 19.6 Å². The highest BCUT2D eigenvalue weighted by Gasteiger charge is 2.09. The molecule has 0 aliphatic rings. The van der Waals surface area contributed by atoms with E-state index in [2.05, 4.69) is 17.2 Å². The number of anilines is 1. The molecule has 3 N–H and O–H groups in total. The number of hydrogen-bond acceptors (Lipinski definition) is 3. The van der Waals surface area contributed by atoms with Gasteiger partial charge in [-0.05, 0) is 30.3 Å². The molecular formula is C17H16N2O2. The molecule has 106 valence electrons. The van der Waals surface area contributed by atoms with E-state index in [4.69, 9.17) is 10.5 Å². The second-order valence-corrected chi connectivity index (χ2v) is 4.24. The molecule has 2 rings (SSSR count). The third-order valence-electron chi connectivity index (χ3n) is 2.82. The van der Waals surface area contributed by atoms with E-state index in [-0.39, 0.29) is 12.5 Å². The van der Waals surface area contributed by atoms with Crippen molar-refractivity contribution >= 4 is 11.6 Å². The van der Waals surface area contributed by atoms with Crippen LogP contribution in [0.5, 0.6) is 5.75 Å². The Morgan fingerprint density at radius 3 is 2.67 bits per heavy atom. The third-order valence-corrected chi connectivity index (χ3v) is 2.82. The average molecular weight is 280 g/mol. The Balaban J connectivity index is 2.27. The first-order valence-corrected chi connectivity index (χ1v) is 6.48. The van der Waals surface area contributed by atoms with Gasteiger partial charge in [-0.15, -0.1) is 0 Å². The summed E-state index contributed by atoms with van der Waals surface area (Å²) in [6, 6.07) is 14.3. The van der Waals surface area contributed by atoms with Crippen molar-refractivity contribution in [2.24, 2.45) is 5.73 Å². The topological polar surface area (TPSA) is 64.3 Å². The van der Waals surface area contributed by atoms with Crippen molar-refractivity contribution in [1.29, 1.82) is 0 Å². The lowest BCUT2D eigenvalue weighted by Gasteiger charge is -2.10. The van der Waals surface area contributed by atoms with Crippen molar-refractivity contribution in [3.05, 3.63) is 59.7 Å². The standard InChI is InChI=1S/C17H16N2O2/c1-21-16-10-9-13(6-5-11-18)12-15(16)19-17(20)14-7-3-2-4-8-14/h2-4,7-10,12H,11,18H2,1H3,(H,19,20). The maximum atomic E-state index is 12.2. The summed E-state index contributed by atoms with van der Waals surface area (Å²) >= 11 is 0. The number of rotatable bonds is 3. The van der Waals surface area contributed by atoms with E-state index in [9.17, 15) is 4.79 Å². The minimum atomic E-state index is -0.196. The van der Waals surface area contributed by atoms with Gasteiger partial charge >= 0.3 is 0 Å². The minimum Gasteiger partial charge on any atom is -0.495 e. The predicted octanol–water partition coefficient (Wildman–Crippen LogP) is 2.26. The molecule has 0 aromatic heterocycles. The molecule has 4 nitrogen and oxygen atoms in total. The van der Waals surface area contributed by atoms with E-state index in [1.165, 1.54) is 0 Å². The molecule has 0 radical (unpaired) electrons. The number of amides is 1. The van der Waals surface area contributed by atoms with Gasteiger partial charge in [0.05, 0.1) is 19.3 Å². The molecule has 0 aliphatic heterocycles. The Bertz CT molecular complexity index is 685. The van der Waals surface area contributed by atoms with Crippen molar-refractivity contribution in [2.75, 3.05) is 19.0 Å². The zero-order valence-electron chi connectivity index (χ0n) is 11.7. The lowest BCUT2D eigenvalue weighted by atomic mass is 10.1. The first-order chi connectivity index (χ1) is 10.2. The molecule has 0 bridgehead atoms. The van der Waals surface area contributed by atoms with Crippen LogP contribution >= 0.6 is 0 Å². The molecule has 0 atom stereocenters. The van der Waals surface area contributed by atoms with Crippen LogP contribution in [0.25, 0.3) is 0 Å². The highest BCUT2D eigenvalue weighted by atomic mass is 16.5. The van der Waals surface area contributed by atoms with Crippen LogP contribution in [0, 0.1) is 11.8 Å². The van der Waals surface area contributed by atoms with Gasteiger partial charge < -0.3 is 15.8 Å². The maximum absolute atomic E-state index is 12.2. The van der Waals surface area contributed by atoms with Crippen molar-refractivity contribution in [1.82, 2.24) is 0 Å². The highest BCUT2D eigenvalue weighted by molar-refractivity contribution is 6.05. The van der Waals surface area contributed by atoms with Crippen LogP contribution in [0.4, 0.5) is 5.69 Å². The first kappa shape index (κ1) is 14.6. The Morgan fingerprint density at radius 2 is 2.00 bits per heavy atom. The summed E-state index contributed by atoms with van der Waals surface area (Å²) in [4.78, 5) is 12.2. The van der Waals surface area contributed by atoms with Crippen molar-refractivity contribution in [3.8, 4) is 17.6 Å². The van der Waals surface area contributed by atoms with E-state index >= 15 is 0 Å². The van der Waals surface area contributed by atoms with E-state index < -0.39 is 0 Å². The summed E-state index contributed by atoms with van der Waals surface area (Å²) in [7, 11) is 1.55. The summed E-state index contributed by atoms with van der Waals surface area (Å²) in [5, 5.41) is 2.83. The number of methoxy groups -OCH3 is 1. The highest BCUT2D eigenvalue weighted by Crippen LogP contribution is 2.25. The SMILES string of the molecule is COc1ccc(C#CCN)cc1NC(=O)c1ccccc1. The van der Waals surface area contributed by atoms with Crippen molar-refractivity contribution in [2.45, 2.75) is 0 Å². The summed E-state index contributed by atoms with van der Waals surface area (Å²) < 4.78 is 5.25. The Labute approximate surface area is 123 Å². The fraction of sp³-hybridized carbons (Fsp3) is 0.118. The monoisotopic (exact) mass is 280 g/mol. The van der Waals surface area contributed by atoms with Crippen LogP contribution < -0.4 is 15.8 Å². The summed E-state index contributed by atoms with van der Waals surface area (Å²) in [6.45, 7) is 0.289. The maximum Gasteiger partial charge on any atom is 0.255 e. The van der Waals surface area contributed by atoms with Gasteiger partial charge in [0.25, 0.3) is 5.91 Å². The number of carbonyl (C=O) groups excluding carboxylic acids is 1. The van der Waals surface area contributed by atoms with Crippen LogP contribution in [0.3, 0.4) is 0 Å². The molecule has 0 heterocycles. The summed E-state index contributed by atoms with van der Waals surface area (Å²) in [5.74, 6) is 6.09. The molecule has 1 amide bonds. The smallest absolute Gasteiger partial charge is 0.255 e. The fourth-order valence-corrected chi connectivity index (χ4v) is 1.82. The number of ether oxygens (including phenoxy) is 1. The van der Waals surface area contributed by atoms with Crippen molar-refractivity contribution in [3.63, 3.8) is 0 Å². The number of nitrogens with one attached hydrogen (secondary N) is 1. The molecule has 0 fully saturated rings.